The number of hydrogen-bond acceptors (Lipinski definition) is 5. The van der Waals surface area contributed by atoms with E-state index >= 15 is 0 Å². The van der Waals surface area contributed by atoms with Gasteiger partial charge in [0.15, 0.2) is 5.78 Å². The van der Waals surface area contributed by atoms with Crippen molar-refractivity contribution in [1.82, 2.24) is 0 Å². The highest BCUT2D eigenvalue weighted by Crippen LogP contribution is 2.37. The van der Waals surface area contributed by atoms with Crippen LogP contribution in [0, 0.1) is 5.92 Å². The Bertz CT molecular complexity index is 1230. The molecule has 0 aliphatic heterocycles. The van der Waals surface area contributed by atoms with Gasteiger partial charge in [0.2, 0.25) is 5.91 Å². The van der Waals surface area contributed by atoms with Gasteiger partial charge in [-0.3, -0.25) is 9.59 Å². The minimum absolute atomic E-state index is 0.00694. The second-order valence-corrected chi connectivity index (χ2v) is 11.3. The lowest BCUT2D eigenvalue weighted by Crippen LogP contribution is -2.35. The Morgan fingerprint density at radius 2 is 1.60 bits per heavy atom. The summed E-state index contributed by atoms with van der Waals surface area (Å²) in [5, 5.41) is 16.2. The molecule has 3 aromatic carbocycles. The fourth-order valence-electron chi connectivity index (χ4n) is 3.29. The van der Waals surface area contributed by atoms with Gasteiger partial charge in [-0.25, -0.2) is 0 Å². The lowest BCUT2D eigenvalue weighted by molar-refractivity contribution is -0.130. The number of ether oxygens (including phenoxy) is 1. The first-order valence-electron chi connectivity index (χ1n) is 10.1. The molecular weight excluding hydrogens is 735 g/mol. The van der Waals surface area contributed by atoms with Gasteiger partial charge in [0.1, 0.15) is 17.4 Å². The average Bonchev–Trinajstić information content (AvgIpc) is 2.80. The predicted octanol–water partition coefficient (Wildman–Crippen LogP) is 7.58. The normalized spacial score (nSPS) is 11.6. The summed E-state index contributed by atoms with van der Waals surface area (Å²) in [7, 11) is 1.55. The van der Waals surface area contributed by atoms with Crippen molar-refractivity contribution in [1.29, 1.82) is 0 Å². The summed E-state index contributed by atoms with van der Waals surface area (Å²) >= 11 is 19.6. The Balaban J connectivity index is 1.87. The third kappa shape index (κ3) is 7.22. The van der Waals surface area contributed by atoms with E-state index in [0.29, 0.717) is 40.0 Å². The molecular formula is C24H19Br4ClN2O4. The van der Waals surface area contributed by atoms with Crippen molar-refractivity contribution >= 4 is 98.4 Å². The van der Waals surface area contributed by atoms with E-state index in [1.54, 1.807) is 43.5 Å². The van der Waals surface area contributed by atoms with Gasteiger partial charge in [-0.05, 0) is 112 Å². The number of carbonyl (C=O) groups excluding carboxylic acids is 2. The molecule has 1 unspecified atom stereocenters. The maximum Gasteiger partial charge on any atom is 0.235 e. The molecule has 11 heteroatoms. The number of nitrogens with one attached hydrogen (secondary N) is 2. The molecule has 0 heterocycles. The minimum Gasteiger partial charge on any atom is -0.506 e. The maximum absolute atomic E-state index is 13.3. The quantitative estimate of drug-likeness (QED) is 0.155. The topological polar surface area (TPSA) is 87.7 Å². The number of Topliss-reactive ketones (excluding diaryl/α,β-unsaturated/α-hetero) is 1. The van der Waals surface area contributed by atoms with Crippen molar-refractivity contribution in [3.63, 3.8) is 0 Å². The van der Waals surface area contributed by atoms with Crippen LogP contribution in [0.25, 0.3) is 0 Å². The van der Waals surface area contributed by atoms with Gasteiger partial charge < -0.3 is 20.5 Å². The zero-order chi connectivity index (χ0) is 25.7. The number of halogens is 5. The summed E-state index contributed by atoms with van der Waals surface area (Å²) in [6.07, 6.45) is 0.149. The van der Waals surface area contributed by atoms with E-state index in [2.05, 4.69) is 74.4 Å². The smallest absolute Gasteiger partial charge is 0.235 e. The number of anilines is 2. The largest absolute Gasteiger partial charge is 0.506 e. The molecule has 0 bridgehead atoms. The van der Waals surface area contributed by atoms with Crippen LogP contribution >= 0.6 is 75.3 Å². The highest BCUT2D eigenvalue weighted by Gasteiger charge is 2.28. The maximum atomic E-state index is 13.3. The molecule has 0 spiro atoms. The van der Waals surface area contributed by atoms with Gasteiger partial charge >= 0.3 is 0 Å². The summed E-state index contributed by atoms with van der Waals surface area (Å²) in [6, 6.07) is 13.8. The number of benzene rings is 3. The summed E-state index contributed by atoms with van der Waals surface area (Å²) in [6.45, 7) is -0.0940. The van der Waals surface area contributed by atoms with Crippen LogP contribution in [-0.2, 0) is 16.0 Å². The Morgan fingerprint density at radius 3 is 2.17 bits per heavy atom. The monoisotopic (exact) mass is 750 g/mol. The molecule has 35 heavy (non-hydrogen) atoms. The molecule has 3 aromatic rings. The average molecular weight is 754 g/mol. The van der Waals surface area contributed by atoms with Gasteiger partial charge in [-0.1, -0.05) is 23.7 Å². The van der Waals surface area contributed by atoms with Crippen molar-refractivity contribution in [2.45, 2.75) is 6.42 Å². The molecule has 0 radical (unpaired) electrons. The Hall–Kier alpha value is -1.59. The lowest BCUT2D eigenvalue weighted by Gasteiger charge is -2.18. The SMILES string of the molecule is COc1c(Br)cc(CC(C(=O)CNc2ccccc2Cl)C(=O)Nc2cc(Br)c(O)c(Br)c2)cc1Br. The molecule has 0 aromatic heterocycles. The van der Waals surface area contributed by atoms with E-state index in [-0.39, 0.29) is 24.5 Å². The number of aromatic hydroxyl groups is 1. The van der Waals surface area contributed by atoms with Crippen LogP contribution in [0.1, 0.15) is 5.56 Å². The van der Waals surface area contributed by atoms with Gasteiger partial charge in [-0.2, -0.15) is 0 Å². The van der Waals surface area contributed by atoms with Gasteiger partial charge in [-0.15, -0.1) is 0 Å². The molecule has 0 aliphatic carbocycles. The van der Waals surface area contributed by atoms with Crippen molar-refractivity contribution in [2.75, 3.05) is 24.3 Å². The number of methoxy groups -OCH3 is 1. The molecule has 0 fully saturated rings. The molecule has 6 nitrogen and oxygen atoms in total. The van der Waals surface area contributed by atoms with E-state index in [1.807, 2.05) is 12.1 Å². The van der Waals surface area contributed by atoms with Gasteiger partial charge in [0, 0.05) is 5.69 Å². The van der Waals surface area contributed by atoms with E-state index < -0.39 is 11.8 Å². The lowest BCUT2D eigenvalue weighted by atomic mass is 9.93. The van der Waals surface area contributed by atoms with Crippen molar-refractivity contribution < 1.29 is 19.4 Å². The van der Waals surface area contributed by atoms with Gasteiger partial charge in [0.05, 0.1) is 42.3 Å². The first kappa shape index (κ1) is 28.0. The number of ketones is 1. The van der Waals surface area contributed by atoms with E-state index in [4.69, 9.17) is 16.3 Å². The second-order valence-electron chi connectivity index (χ2n) is 7.43. The number of rotatable bonds is 9. The Kier molecular flexibility index (Phi) is 10.1. The molecule has 0 aliphatic rings. The Labute approximate surface area is 241 Å². The fourth-order valence-corrected chi connectivity index (χ4v) is 6.28. The highest BCUT2D eigenvalue weighted by atomic mass is 79.9. The zero-order valence-corrected chi connectivity index (χ0v) is 25.3. The molecule has 184 valence electrons. The van der Waals surface area contributed by atoms with Crippen LogP contribution in [0.2, 0.25) is 5.02 Å². The number of phenolic OH excluding ortho intramolecular Hbond substituents is 1. The highest BCUT2D eigenvalue weighted by molar-refractivity contribution is 9.11. The van der Waals surface area contributed by atoms with Crippen LogP contribution in [-0.4, -0.2) is 30.5 Å². The summed E-state index contributed by atoms with van der Waals surface area (Å²) in [5.41, 5.74) is 1.77. The minimum atomic E-state index is -1.01. The van der Waals surface area contributed by atoms with Crippen molar-refractivity contribution in [3.05, 3.63) is 77.0 Å². The fraction of sp³-hybridized carbons (Fsp3) is 0.167. The van der Waals surface area contributed by atoms with E-state index in [9.17, 15) is 14.7 Å². The van der Waals surface area contributed by atoms with Crippen LogP contribution in [0.3, 0.4) is 0 Å². The first-order chi connectivity index (χ1) is 16.6. The molecule has 0 saturated heterocycles. The molecule has 1 amide bonds. The van der Waals surface area contributed by atoms with Crippen LogP contribution in [0.15, 0.2) is 66.4 Å². The summed E-state index contributed by atoms with van der Waals surface area (Å²) in [4.78, 5) is 26.6. The summed E-state index contributed by atoms with van der Waals surface area (Å²) < 4.78 is 7.52. The second kappa shape index (κ2) is 12.6. The number of amides is 1. The zero-order valence-electron chi connectivity index (χ0n) is 18.2. The van der Waals surface area contributed by atoms with Crippen LogP contribution in [0.5, 0.6) is 11.5 Å². The van der Waals surface area contributed by atoms with Crippen LogP contribution in [0.4, 0.5) is 11.4 Å². The third-order valence-electron chi connectivity index (χ3n) is 5.02. The number of carbonyl (C=O) groups is 2. The number of para-hydroxylation sites is 1. The molecule has 3 rings (SSSR count). The van der Waals surface area contributed by atoms with Crippen molar-refractivity contribution in [3.8, 4) is 11.5 Å². The van der Waals surface area contributed by atoms with E-state index in [1.165, 1.54) is 0 Å². The number of phenols is 1. The van der Waals surface area contributed by atoms with Crippen molar-refractivity contribution in [2.24, 2.45) is 5.92 Å². The first-order valence-corrected chi connectivity index (χ1v) is 13.7. The summed E-state index contributed by atoms with van der Waals surface area (Å²) in [5.74, 6) is -1.19. The molecule has 3 N–H and O–H groups in total. The third-order valence-corrected chi connectivity index (χ3v) is 7.74. The predicted molar refractivity (Wildman–Crippen MR) is 153 cm³/mol. The Morgan fingerprint density at radius 1 is 1.00 bits per heavy atom. The van der Waals surface area contributed by atoms with Gasteiger partial charge in [0.25, 0.3) is 0 Å². The standard InChI is InChI=1S/C24H19Br4ClN2O4/c1-35-23-17(27)7-12(8-18(23)28)6-14(21(32)11-30-20-5-3-2-4-19(20)29)24(34)31-13-9-15(25)22(33)16(26)10-13/h2-5,7-10,14,30,33H,6,11H2,1H3,(H,31,34). The number of hydrogen-bond donors (Lipinski definition) is 3. The molecule has 0 saturated carbocycles. The van der Waals surface area contributed by atoms with E-state index in [0.717, 1.165) is 5.56 Å². The van der Waals surface area contributed by atoms with Crippen LogP contribution < -0.4 is 15.4 Å². The molecule has 1 atom stereocenters.